The average molecular weight is 253 g/mol. The Morgan fingerprint density at radius 1 is 1.41 bits per heavy atom. The molecule has 2 nitrogen and oxygen atoms in total. The van der Waals surface area contributed by atoms with Gasteiger partial charge in [-0.05, 0) is 31.0 Å². The number of aromatic nitrogens is 1. The predicted molar refractivity (Wildman–Crippen MR) is 70.4 cm³/mol. The topological polar surface area (TPSA) is 24.9 Å². The predicted octanol–water partition coefficient (Wildman–Crippen LogP) is 3.94. The van der Waals surface area contributed by atoms with Crippen LogP contribution >= 0.6 is 11.6 Å². The fourth-order valence-corrected chi connectivity index (χ4v) is 2.34. The lowest BCUT2D eigenvalue weighted by molar-refractivity contribution is 0.636. The Labute approximate surface area is 105 Å². The molecule has 1 N–H and O–H groups in total. The number of anilines is 1. The van der Waals surface area contributed by atoms with Gasteiger partial charge in [-0.3, -0.25) is 0 Å². The van der Waals surface area contributed by atoms with Gasteiger partial charge in [0.05, 0.1) is 5.02 Å². The molecule has 2 rings (SSSR count). The molecule has 1 aromatic carbocycles. The van der Waals surface area contributed by atoms with E-state index in [1.54, 1.807) is 6.07 Å². The Balaban J connectivity index is 2.97. The van der Waals surface area contributed by atoms with E-state index in [9.17, 15) is 4.39 Å². The van der Waals surface area contributed by atoms with Gasteiger partial charge in [0.25, 0.3) is 0 Å². The molecule has 17 heavy (non-hydrogen) atoms. The van der Waals surface area contributed by atoms with Gasteiger partial charge < -0.3 is 5.32 Å². The van der Waals surface area contributed by atoms with Crippen molar-refractivity contribution >= 4 is 28.2 Å². The lowest BCUT2D eigenvalue weighted by Gasteiger charge is -2.14. The van der Waals surface area contributed by atoms with Crippen molar-refractivity contribution in [2.75, 3.05) is 12.4 Å². The summed E-state index contributed by atoms with van der Waals surface area (Å²) >= 11 is 6.13. The van der Waals surface area contributed by atoms with Crippen LogP contribution in [0.3, 0.4) is 0 Å². The third-order valence-corrected chi connectivity index (χ3v) is 3.28. The lowest BCUT2D eigenvalue weighted by atomic mass is 10.1. The zero-order valence-electron chi connectivity index (χ0n) is 10.1. The first kappa shape index (κ1) is 12.1. The molecule has 0 amide bonds. The Kier molecular flexibility index (Phi) is 3.20. The van der Waals surface area contributed by atoms with E-state index in [2.05, 4.69) is 10.3 Å². The number of hydrogen-bond donors (Lipinski definition) is 1. The molecule has 2 aromatic rings. The monoisotopic (exact) mass is 252 g/mol. The highest BCUT2D eigenvalue weighted by molar-refractivity contribution is 6.36. The summed E-state index contributed by atoms with van der Waals surface area (Å²) in [4.78, 5) is 4.36. The summed E-state index contributed by atoms with van der Waals surface area (Å²) < 4.78 is 13.8. The minimum atomic E-state index is -0.337. The molecule has 0 radical (unpaired) electrons. The highest BCUT2D eigenvalue weighted by atomic mass is 35.5. The van der Waals surface area contributed by atoms with E-state index in [0.29, 0.717) is 15.9 Å². The molecule has 0 aliphatic carbocycles. The largest absolute Gasteiger partial charge is 0.387 e. The zero-order valence-corrected chi connectivity index (χ0v) is 10.8. The molecular weight excluding hydrogens is 239 g/mol. The Hall–Kier alpha value is -1.35. The number of rotatable bonds is 2. The van der Waals surface area contributed by atoms with Crippen LogP contribution in [0.2, 0.25) is 5.02 Å². The molecule has 1 aromatic heterocycles. The summed E-state index contributed by atoms with van der Waals surface area (Å²) in [5, 5.41) is 4.26. The summed E-state index contributed by atoms with van der Waals surface area (Å²) in [6, 6.07) is 2.92. The molecule has 0 bridgehead atoms. The van der Waals surface area contributed by atoms with Crippen LogP contribution in [0.25, 0.3) is 10.9 Å². The summed E-state index contributed by atoms with van der Waals surface area (Å²) in [6.45, 7) is 3.97. The van der Waals surface area contributed by atoms with Crippen LogP contribution in [0.15, 0.2) is 12.1 Å². The minimum absolute atomic E-state index is 0.337. The third kappa shape index (κ3) is 1.84. The molecule has 0 aliphatic rings. The van der Waals surface area contributed by atoms with Gasteiger partial charge in [0.15, 0.2) is 0 Å². The maximum atomic E-state index is 13.8. The molecule has 0 aliphatic heterocycles. The summed E-state index contributed by atoms with van der Waals surface area (Å²) in [5.74, 6) is -0.337. The zero-order chi connectivity index (χ0) is 12.6. The Bertz CT molecular complexity index is 581. The number of nitrogens with one attached hydrogen (secondary N) is 1. The molecule has 90 valence electrons. The molecule has 0 unspecified atom stereocenters. The summed E-state index contributed by atoms with van der Waals surface area (Å²) in [6.07, 6.45) is 0.766. The molecule has 0 spiro atoms. The number of halogens is 2. The van der Waals surface area contributed by atoms with Crippen LogP contribution in [-0.4, -0.2) is 12.0 Å². The van der Waals surface area contributed by atoms with Crippen LogP contribution in [0.5, 0.6) is 0 Å². The summed E-state index contributed by atoms with van der Waals surface area (Å²) in [5.41, 5.74) is 3.11. The molecule has 0 atom stereocenters. The van der Waals surface area contributed by atoms with E-state index in [0.717, 1.165) is 23.4 Å². The molecule has 0 fully saturated rings. The number of hydrogen-bond acceptors (Lipinski definition) is 2. The fraction of sp³-hybridized carbons (Fsp3) is 0.308. The molecule has 0 saturated heterocycles. The van der Waals surface area contributed by atoms with E-state index in [4.69, 9.17) is 11.6 Å². The van der Waals surface area contributed by atoms with Crippen LogP contribution in [-0.2, 0) is 6.42 Å². The van der Waals surface area contributed by atoms with Crippen molar-refractivity contribution in [3.63, 3.8) is 0 Å². The van der Waals surface area contributed by atoms with Gasteiger partial charge in [-0.2, -0.15) is 0 Å². The van der Waals surface area contributed by atoms with Gasteiger partial charge in [0, 0.05) is 23.8 Å². The standard InChI is InChI=1S/C13H14ClFN2/c1-4-10-7(2)12(16-3)11-8(14)5-6-9(15)13(11)17-10/h5-6H,4H2,1-3H3,(H,16,17). The van der Waals surface area contributed by atoms with Gasteiger partial charge in [-0.1, -0.05) is 18.5 Å². The minimum Gasteiger partial charge on any atom is -0.387 e. The van der Waals surface area contributed by atoms with Gasteiger partial charge in [-0.15, -0.1) is 0 Å². The SMILES string of the molecule is CCc1nc2c(F)ccc(Cl)c2c(NC)c1C. The van der Waals surface area contributed by atoms with Crippen molar-refractivity contribution in [3.8, 4) is 0 Å². The van der Waals surface area contributed by atoms with Crippen molar-refractivity contribution in [1.82, 2.24) is 4.98 Å². The maximum absolute atomic E-state index is 13.8. The normalized spacial score (nSPS) is 10.9. The Morgan fingerprint density at radius 3 is 2.71 bits per heavy atom. The first-order chi connectivity index (χ1) is 8.10. The van der Waals surface area contributed by atoms with E-state index in [1.807, 2.05) is 20.9 Å². The van der Waals surface area contributed by atoms with Gasteiger partial charge >= 0.3 is 0 Å². The number of aryl methyl sites for hydroxylation is 1. The maximum Gasteiger partial charge on any atom is 0.149 e. The van der Waals surface area contributed by atoms with E-state index in [1.165, 1.54) is 6.07 Å². The second-order valence-corrected chi connectivity index (χ2v) is 4.32. The highest BCUT2D eigenvalue weighted by Crippen LogP contribution is 2.34. The number of benzene rings is 1. The molecule has 4 heteroatoms. The molecular formula is C13H14ClFN2. The van der Waals surface area contributed by atoms with Crippen LogP contribution < -0.4 is 5.32 Å². The third-order valence-electron chi connectivity index (χ3n) is 2.97. The second kappa shape index (κ2) is 4.49. The van der Waals surface area contributed by atoms with Crippen molar-refractivity contribution < 1.29 is 4.39 Å². The first-order valence-corrected chi connectivity index (χ1v) is 5.92. The van der Waals surface area contributed by atoms with Crippen molar-refractivity contribution in [3.05, 3.63) is 34.2 Å². The van der Waals surface area contributed by atoms with Crippen molar-refractivity contribution in [1.29, 1.82) is 0 Å². The average Bonchev–Trinajstić information content (AvgIpc) is 2.33. The van der Waals surface area contributed by atoms with Crippen molar-refractivity contribution in [2.24, 2.45) is 0 Å². The molecule has 0 saturated carbocycles. The first-order valence-electron chi connectivity index (χ1n) is 5.55. The van der Waals surface area contributed by atoms with E-state index in [-0.39, 0.29) is 5.82 Å². The smallest absolute Gasteiger partial charge is 0.149 e. The summed E-state index contributed by atoms with van der Waals surface area (Å²) in [7, 11) is 1.81. The molecule has 1 heterocycles. The van der Waals surface area contributed by atoms with Crippen LogP contribution in [0.1, 0.15) is 18.2 Å². The van der Waals surface area contributed by atoms with Crippen LogP contribution in [0, 0.1) is 12.7 Å². The van der Waals surface area contributed by atoms with E-state index < -0.39 is 0 Å². The quantitative estimate of drug-likeness (QED) is 0.876. The van der Waals surface area contributed by atoms with Gasteiger partial charge in [-0.25, -0.2) is 9.37 Å². The Morgan fingerprint density at radius 2 is 2.12 bits per heavy atom. The lowest BCUT2D eigenvalue weighted by Crippen LogP contribution is -2.02. The van der Waals surface area contributed by atoms with Crippen LogP contribution in [0.4, 0.5) is 10.1 Å². The second-order valence-electron chi connectivity index (χ2n) is 3.91. The van der Waals surface area contributed by atoms with E-state index >= 15 is 0 Å². The van der Waals surface area contributed by atoms with Gasteiger partial charge in [0.1, 0.15) is 11.3 Å². The highest BCUT2D eigenvalue weighted by Gasteiger charge is 2.15. The van der Waals surface area contributed by atoms with Crippen molar-refractivity contribution in [2.45, 2.75) is 20.3 Å². The number of nitrogens with zero attached hydrogens (tertiary/aromatic N) is 1. The number of pyridine rings is 1. The fourth-order valence-electron chi connectivity index (χ4n) is 2.10. The number of fused-ring (bicyclic) bond motifs is 1. The van der Waals surface area contributed by atoms with Gasteiger partial charge in [0.2, 0.25) is 0 Å².